The fraction of sp³-hybridized carbons (Fsp3) is 0.421. The van der Waals surface area contributed by atoms with Crippen LogP contribution in [0.1, 0.15) is 26.0 Å². The number of ether oxygens (including phenoxy) is 2. The molecule has 0 spiro atoms. The Hall–Kier alpha value is -1.93. The van der Waals surface area contributed by atoms with E-state index in [1.807, 2.05) is 38.1 Å². The number of benzene rings is 1. The topological polar surface area (TPSA) is 70.4 Å². The van der Waals surface area contributed by atoms with Gasteiger partial charge in [0.2, 0.25) is 0 Å². The van der Waals surface area contributed by atoms with Crippen LogP contribution in [0.3, 0.4) is 0 Å². The molecule has 6 nitrogen and oxygen atoms in total. The van der Waals surface area contributed by atoms with Crippen molar-refractivity contribution in [3.8, 4) is 11.4 Å². The molecule has 0 N–H and O–H groups in total. The number of carbonyl (C=O) groups excluding carboxylic acids is 1. The first-order valence-corrected chi connectivity index (χ1v) is 10.7. The summed E-state index contributed by atoms with van der Waals surface area (Å²) < 4.78 is 12.0. The summed E-state index contributed by atoms with van der Waals surface area (Å²) in [5, 5.41) is 0.102. The molecule has 2 heterocycles. The van der Waals surface area contributed by atoms with Gasteiger partial charge in [0, 0.05) is 12.2 Å². The number of methoxy groups -OCH3 is 1. The van der Waals surface area contributed by atoms with Gasteiger partial charge >= 0.3 is 5.97 Å². The predicted molar refractivity (Wildman–Crippen MR) is 107 cm³/mol. The van der Waals surface area contributed by atoms with Crippen molar-refractivity contribution in [2.45, 2.75) is 42.0 Å². The van der Waals surface area contributed by atoms with E-state index in [0.717, 1.165) is 23.6 Å². The monoisotopic (exact) mass is 406 g/mol. The molecule has 1 aliphatic heterocycles. The molecule has 3 rings (SSSR count). The van der Waals surface area contributed by atoms with Gasteiger partial charge in [-0.25, -0.2) is 4.98 Å². The molecule has 1 unspecified atom stereocenters. The Morgan fingerprint density at radius 2 is 2.07 bits per heavy atom. The van der Waals surface area contributed by atoms with Crippen LogP contribution >= 0.6 is 23.5 Å². The van der Waals surface area contributed by atoms with E-state index in [1.165, 1.54) is 30.6 Å². The van der Waals surface area contributed by atoms with Crippen LogP contribution in [0.25, 0.3) is 5.69 Å². The average molecular weight is 407 g/mol. The third kappa shape index (κ3) is 4.16. The van der Waals surface area contributed by atoms with E-state index in [-0.39, 0.29) is 11.5 Å². The first kappa shape index (κ1) is 19.8. The number of fused-ring (bicyclic) bond motifs is 1. The number of esters is 1. The lowest BCUT2D eigenvalue weighted by Gasteiger charge is -2.17. The van der Waals surface area contributed by atoms with Crippen LogP contribution in [-0.2, 0) is 16.0 Å². The van der Waals surface area contributed by atoms with Crippen LogP contribution in [0.15, 0.2) is 39.1 Å². The summed E-state index contributed by atoms with van der Waals surface area (Å²) in [6, 6.07) is 7.34. The molecule has 8 heteroatoms. The van der Waals surface area contributed by atoms with Gasteiger partial charge in [0.15, 0.2) is 5.16 Å². The second kappa shape index (κ2) is 8.84. The van der Waals surface area contributed by atoms with Crippen LogP contribution < -0.4 is 10.3 Å². The third-order valence-corrected chi connectivity index (χ3v) is 6.56. The normalized spacial score (nSPS) is 13.9. The fourth-order valence-electron chi connectivity index (χ4n) is 2.81. The molecule has 0 bridgehead atoms. The standard InChI is InChI=1S/C19H22N2O4S2/c1-4-15(18(23)24-3)27-19-20-14-10-11-26-16(14)17(22)21(19)12-6-8-13(9-7-12)25-5-2/h6-9,15H,4-5,10-11H2,1-3H3. The summed E-state index contributed by atoms with van der Waals surface area (Å²) in [5.74, 6) is 1.28. The van der Waals surface area contributed by atoms with Crippen molar-refractivity contribution in [2.75, 3.05) is 19.5 Å². The van der Waals surface area contributed by atoms with Gasteiger partial charge in [0.1, 0.15) is 11.0 Å². The molecule has 2 aromatic rings. The van der Waals surface area contributed by atoms with Crippen LogP contribution in [0.2, 0.25) is 0 Å². The summed E-state index contributed by atoms with van der Waals surface area (Å²) in [6.45, 7) is 4.42. The summed E-state index contributed by atoms with van der Waals surface area (Å²) in [7, 11) is 1.37. The zero-order chi connectivity index (χ0) is 19.4. The maximum absolute atomic E-state index is 13.1. The lowest BCUT2D eigenvalue weighted by atomic mass is 10.3. The van der Waals surface area contributed by atoms with E-state index >= 15 is 0 Å². The number of nitrogens with zero attached hydrogens (tertiary/aromatic N) is 2. The van der Waals surface area contributed by atoms with Crippen molar-refractivity contribution >= 4 is 29.5 Å². The highest BCUT2D eigenvalue weighted by Crippen LogP contribution is 2.32. The van der Waals surface area contributed by atoms with Crippen molar-refractivity contribution < 1.29 is 14.3 Å². The minimum absolute atomic E-state index is 0.0890. The Balaban J connectivity index is 2.08. The molecule has 0 radical (unpaired) electrons. The molecule has 0 saturated heterocycles. The van der Waals surface area contributed by atoms with Gasteiger partial charge < -0.3 is 9.47 Å². The highest BCUT2D eigenvalue weighted by molar-refractivity contribution is 8.00. The number of rotatable bonds is 7. The molecule has 0 saturated carbocycles. The van der Waals surface area contributed by atoms with E-state index in [2.05, 4.69) is 0 Å². The molecule has 1 aromatic carbocycles. The fourth-order valence-corrected chi connectivity index (χ4v) is 4.91. The number of hydrogen-bond acceptors (Lipinski definition) is 7. The molecule has 0 aliphatic carbocycles. The third-order valence-electron chi connectivity index (χ3n) is 4.16. The SMILES string of the molecule is CCOc1ccc(-n2c(SC(CC)C(=O)OC)nc3c(c2=O)SCC3)cc1. The second-order valence-corrected chi connectivity index (χ2v) is 8.15. The highest BCUT2D eigenvalue weighted by Gasteiger charge is 2.26. The van der Waals surface area contributed by atoms with Crippen LogP contribution in [-0.4, -0.2) is 40.2 Å². The van der Waals surface area contributed by atoms with Gasteiger partial charge in [0.05, 0.1) is 30.0 Å². The molecule has 0 amide bonds. The van der Waals surface area contributed by atoms with E-state index in [0.29, 0.717) is 28.8 Å². The molecule has 1 atom stereocenters. The zero-order valence-electron chi connectivity index (χ0n) is 15.6. The summed E-state index contributed by atoms with van der Waals surface area (Å²) in [5.41, 5.74) is 1.43. The van der Waals surface area contributed by atoms with Crippen LogP contribution in [0, 0.1) is 0 Å². The highest BCUT2D eigenvalue weighted by atomic mass is 32.2. The number of aryl methyl sites for hydroxylation is 1. The van der Waals surface area contributed by atoms with Gasteiger partial charge in [-0.1, -0.05) is 18.7 Å². The van der Waals surface area contributed by atoms with Crippen LogP contribution in [0.4, 0.5) is 0 Å². The maximum Gasteiger partial charge on any atom is 0.319 e. The van der Waals surface area contributed by atoms with Crippen LogP contribution in [0.5, 0.6) is 5.75 Å². The molecular formula is C19H22N2O4S2. The quantitative estimate of drug-likeness (QED) is 0.397. The molecule has 27 heavy (non-hydrogen) atoms. The lowest BCUT2D eigenvalue weighted by molar-refractivity contribution is -0.140. The van der Waals surface area contributed by atoms with Gasteiger partial charge in [-0.15, -0.1) is 11.8 Å². The van der Waals surface area contributed by atoms with Crippen molar-refractivity contribution in [3.63, 3.8) is 0 Å². The lowest BCUT2D eigenvalue weighted by Crippen LogP contribution is -2.26. The van der Waals surface area contributed by atoms with Gasteiger partial charge in [-0.3, -0.25) is 14.2 Å². The predicted octanol–water partition coefficient (Wildman–Crippen LogP) is 3.32. The first-order valence-electron chi connectivity index (χ1n) is 8.85. The average Bonchev–Trinajstić information content (AvgIpc) is 3.15. The van der Waals surface area contributed by atoms with E-state index in [1.54, 1.807) is 4.57 Å². The van der Waals surface area contributed by atoms with Gasteiger partial charge in [0.25, 0.3) is 5.56 Å². The summed E-state index contributed by atoms with van der Waals surface area (Å²) in [6.07, 6.45) is 1.35. The smallest absolute Gasteiger partial charge is 0.319 e. The molecule has 144 valence electrons. The van der Waals surface area contributed by atoms with Gasteiger partial charge in [-0.2, -0.15) is 0 Å². The minimum Gasteiger partial charge on any atom is -0.494 e. The largest absolute Gasteiger partial charge is 0.494 e. The minimum atomic E-state index is -0.414. The molecule has 1 aliphatic rings. The Morgan fingerprint density at radius 3 is 2.70 bits per heavy atom. The van der Waals surface area contributed by atoms with Crippen molar-refractivity contribution in [2.24, 2.45) is 0 Å². The van der Waals surface area contributed by atoms with E-state index in [9.17, 15) is 9.59 Å². The Bertz CT molecular complexity index is 881. The summed E-state index contributed by atoms with van der Waals surface area (Å²) in [4.78, 5) is 30.6. The zero-order valence-corrected chi connectivity index (χ0v) is 17.2. The van der Waals surface area contributed by atoms with Crippen molar-refractivity contribution in [1.29, 1.82) is 0 Å². The number of carbonyl (C=O) groups is 1. The maximum atomic E-state index is 13.1. The second-order valence-electron chi connectivity index (χ2n) is 5.87. The van der Waals surface area contributed by atoms with E-state index < -0.39 is 5.25 Å². The molecule has 0 fully saturated rings. The Kier molecular flexibility index (Phi) is 6.49. The molecular weight excluding hydrogens is 384 g/mol. The van der Waals surface area contributed by atoms with Gasteiger partial charge in [-0.05, 0) is 37.6 Å². The summed E-state index contributed by atoms with van der Waals surface area (Å²) >= 11 is 2.81. The van der Waals surface area contributed by atoms with Crippen molar-refractivity contribution in [3.05, 3.63) is 40.3 Å². The van der Waals surface area contributed by atoms with Crippen molar-refractivity contribution in [1.82, 2.24) is 9.55 Å². The molecule has 1 aromatic heterocycles. The Morgan fingerprint density at radius 1 is 1.33 bits per heavy atom. The first-order chi connectivity index (χ1) is 13.1. The number of thioether (sulfide) groups is 2. The van der Waals surface area contributed by atoms with E-state index in [4.69, 9.17) is 14.5 Å². The number of aromatic nitrogens is 2. The Labute approximate surface area is 166 Å². The number of hydrogen-bond donors (Lipinski definition) is 0.